The van der Waals surface area contributed by atoms with E-state index in [2.05, 4.69) is 27.2 Å². The number of pyridine rings is 1. The highest BCUT2D eigenvalue weighted by atomic mass is 32.2. The summed E-state index contributed by atoms with van der Waals surface area (Å²) in [5.74, 6) is -1.17. The predicted octanol–water partition coefficient (Wildman–Crippen LogP) is 4.72. The van der Waals surface area contributed by atoms with Crippen molar-refractivity contribution in [2.75, 3.05) is 0 Å². The molecule has 2 atom stereocenters. The van der Waals surface area contributed by atoms with E-state index in [0.717, 1.165) is 21.9 Å². The maximum absolute atomic E-state index is 14.6. The SMILES string of the molecule is C=CC(NC1=C(F)C=NC(c2cn(S(=O)(=O)c3ccc(C)cc3)c3ncc(F)cc23)N1)C(C)(C)C. The summed E-state index contributed by atoms with van der Waals surface area (Å²) in [5, 5.41) is 6.31. The van der Waals surface area contributed by atoms with Gasteiger partial charge in [0, 0.05) is 17.1 Å². The number of aliphatic imine (C=N–C) groups is 1. The molecule has 3 heterocycles. The third kappa shape index (κ3) is 4.70. The Morgan fingerprint density at radius 3 is 2.54 bits per heavy atom. The van der Waals surface area contributed by atoms with Gasteiger partial charge in [-0.1, -0.05) is 44.5 Å². The zero-order valence-corrected chi connectivity index (χ0v) is 20.7. The highest BCUT2D eigenvalue weighted by Crippen LogP contribution is 2.32. The van der Waals surface area contributed by atoms with Crippen LogP contribution in [0.5, 0.6) is 0 Å². The van der Waals surface area contributed by atoms with E-state index in [4.69, 9.17) is 0 Å². The van der Waals surface area contributed by atoms with E-state index in [-0.39, 0.29) is 33.2 Å². The Kier molecular flexibility index (Phi) is 6.27. The number of aromatic nitrogens is 2. The fourth-order valence-electron chi connectivity index (χ4n) is 3.80. The van der Waals surface area contributed by atoms with Gasteiger partial charge in [0.05, 0.1) is 23.3 Å². The lowest BCUT2D eigenvalue weighted by molar-refractivity contribution is 0.319. The maximum Gasteiger partial charge on any atom is 0.269 e. The maximum atomic E-state index is 14.6. The molecule has 0 saturated heterocycles. The van der Waals surface area contributed by atoms with Crippen LogP contribution in [-0.4, -0.2) is 29.6 Å². The molecular weight excluding hydrogens is 472 g/mol. The molecule has 2 aromatic heterocycles. The highest BCUT2D eigenvalue weighted by Gasteiger charge is 2.29. The normalized spacial score (nSPS) is 17.4. The van der Waals surface area contributed by atoms with Crippen LogP contribution in [0, 0.1) is 18.2 Å². The van der Waals surface area contributed by atoms with E-state index in [9.17, 15) is 17.2 Å². The summed E-state index contributed by atoms with van der Waals surface area (Å²) in [4.78, 5) is 8.30. The van der Waals surface area contributed by atoms with Gasteiger partial charge in [0.2, 0.25) is 0 Å². The molecule has 10 heteroatoms. The van der Waals surface area contributed by atoms with Gasteiger partial charge in [-0.05, 0) is 30.5 Å². The summed E-state index contributed by atoms with van der Waals surface area (Å²) in [6.45, 7) is 11.6. The average molecular weight is 500 g/mol. The van der Waals surface area contributed by atoms with E-state index in [0.29, 0.717) is 5.56 Å². The minimum atomic E-state index is -4.04. The number of benzene rings is 1. The highest BCUT2D eigenvalue weighted by molar-refractivity contribution is 7.90. The molecule has 1 aliphatic heterocycles. The fraction of sp³-hybridized carbons (Fsp3) is 0.280. The monoisotopic (exact) mass is 499 g/mol. The first-order chi connectivity index (χ1) is 16.4. The summed E-state index contributed by atoms with van der Waals surface area (Å²) < 4.78 is 56.7. The standard InChI is InChI=1S/C25H27F2N5O2S/c1-6-21(25(3,4)5)30-23-20(27)13-28-22(31-23)19-14-32(24-18(19)11-16(26)12-29-24)35(33,34)17-9-7-15(2)8-10-17/h6-14,21-22,30-31H,1H2,2-5H3. The summed E-state index contributed by atoms with van der Waals surface area (Å²) in [6.07, 6.45) is 4.15. The van der Waals surface area contributed by atoms with Crippen molar-refractivity contribution in [3.8, 4) is 0 Å². The number of nitrogens with zero attached hydrogens (tertiary/aromatic N) is 3. The molecule has 0 aliphatic carbocycles. The Morgan fingerprint density at radius 2 is 1.91 bits per heavy atom. The molecule has 0 bridgehead atoms. The van der Waals surface area contributed by atoms with Crippen molar-refractivity contribution in [3.05, 3.63) is 84.0 Å². The van der Waals surface area contributed by atoms with Crippen LogP contribution in [0.4, 0.5) is 8.78 Å². The smallest absolute Gasteiger partial charge is 0.269 e. The van der Waals surface area contributed by atoms with Crippen molar-refractivity contribution in [3.63, 3.8) is 0 Å². The first kappa shape index (κ1) is 24.6. The molecule has 4 rings (SSSR count). The molecule has 0 spiro atoms. The molecule has 0 saturated carbocycles. The molecular formula is C25H27F2N5O2S. The third-order valence-electron chi connectivity index (χ3n) is 5.81. The van der Waals surface area contributed by atoms with Gasteiger partial charge in [-0.15, -0.1) is 6.58 Å². The molecule has 2 unspecified atom stereocenters. The number of nitrogens with one attached hydrogen (secondary N) is 2. The van der Waals surface area contributed by atoms with Crippen molar-refractivity contribution in [1.82, 2.24) is 19.6 Å². The van der Waals surface area contributed by atoms with E-state index in [1.54, 1.807) is 18.2 Å². The first-order valence-corrected chi connectivity index (χ1v) is 12.4. The van der Waals surface area contributed by atoms with Crippen LogP contribution in [-0.2, 0) is 10.0 Å². The second-order valence-corrected chi connectivity index (χ2v) is 11.3. The minimum absolute atomic E-state index is 0.0437. The summed E-state index contributed by atoms with van der Waals surface area (Å²) in [6, 6.07) is 7.30. The average Bonchev–Trinajstić information content (AvgIpc) is 3.17. The predicted molar refractivity (Wildman–Crippen MR) is 133 cm³/mol. The Hall–Kier alpha value is -3.53. The Labute approximate surface area is 203 Å². The van der Waals surface area contributed by atoms with Crippen molar-refractivity contribution >= 4 is 27.3 Å². The van der Waals surface area contributed by atoms with Gasteiger partial charge in [0.15, 0.2) is 11.5 Å². The lowest BCUT2D eigenvalue weighted by Crippen LogP contribution is -2.43. The summed E-state index contributed by atoms with van der Waals surface area (Å²) >= 11 is 0. The van der Waals surface area contributed by atoms with Gasteiger partial charge in [-0.25, -0.2) is 26.2 Å². The minimum Gasteiger partial charge on any atom is -0.363 e. The van der Waals surface area contributed by atoms with Crippen molar-refractivity contribution in [1.29, 1.82) is 0 Å². The molecule has 1 aliphatic rings. The van der Waals surface area contributed by atoms with Gasteiger partial charge in [0.25, 0.3) is 10.0 Å². The molecule has 35 heavy (non-hydrogen) atoms. The van der Waals surface area contributed by atoms with E-state index < -0.39 is 27.8 Å². The quantitative estimate of drug-likeness (QED) is 0.479. The lowest BCUT2D eigenvalue weighted by Gasteiger charge is -2.32. The number of hydrogen-bond donors (Lipinski definition) is 2. The molecule has 3 aromatic rings. The summed E-state index contributed by atoms with van der Waals surface area (Å²) in [7, 11) is -4.04. The first-order valence-electron chi connectivity index (χ1n) is 11.0. The zero-order valence-electron chi connectivity index (χ0n) is 19.9. The number of rotatable bonds is 6. The van der Waals surface area contributed by atoms with Crippen LogP contribution < -0.4 is 10.6 Å². The second kappa shape index (κ2) is 8.92. The second-order valence-electron chi connectivity index (χ2n) is 9.49. The Balaban J connectivity index is 1.78. The molecule has 1 aromatic carbocycles. The van der Waals surface area contributed by atoms with Crippen LogP contribution >= 0.6 is 0 Å². The van der Waals surface area contributed by atoms with Gasteiger partial charge in [0.1, 0.15) is 17.8 Å². The van der Waals surface area contributed by atoms with Crippen LogP contribution in [0.2, 0.25) is 0 Å². The molecule has 0 fully saturated rings. The van der Waals surface area contributed by atoms with Crippen LogP contribution in [0.25, 0.3) is 11.0 Å². The van der Waals surface area contributed by atoms with Gasteiger partial charge < -0.3 is 10.6 Å². The molecule has 0 amide bonds. The Bertz CT molecular complexity index is 1450. The summed E-state index contributed by atoms with van der Waals surface area (Å²) in [5.41, 5.74) is 1.02. The van der Waals surface area contributed by atoms with Crippen LogP contribution in [0.3, 0.4) is 0 Å². The van der Waals surface area contributed by atoms with Gasteiger partial charge >= 0.3 is 0 Å². The van der Waals surface area contributed by atoms with Gasteiger partial charge in [-0.2, -0.15) is 0 Å². The van der Waals surface area contributed by atoms with E-state index in [1.165, 1.54) is 24.4 Å². The van der Waals surface area contributed by atoms with E-state index in [1.807, 2.05) is 27.7 Å². The molecule has 184 valence electrons. The van der Waals surface area contributed by atoms with Crippen LogP contribution in [0.15, 0.2) is 76.9 Å². The van der Waals surface area contributed by atoms with Crippen molar-refractivity contribution < 1.29 is 17.2 Å². The number of fused-ring (bicyclic) bond motifs is 1. The van der Waals surface area contributed by atoms with E-state index >= 15 is 0 Å². The molecule has 7 nitrogen and oxygen atoms in total. The largest absolute Gasteiger partial charge is 0.363 e. The third-order valence-corrected chi connectivity index (χ3v) is 7.47. The zero-order chi connectivity index (χ0) is 25.5. The Morgan fingerprint density at radius 1 is 1.23 bits per heavy atom. The fourth-order valence-corrected chi connectivity index (χ4v) is 5.14. The van der Waals surface area contributed by atoms with Gasteiger partial charge in [-0.3, -0.25) is 4.99 Å². The topological polar surface area (TPSA) is 88.4 Å². The van der Waals surface area contributed by atoms with Crippen LogP contribution in [0.1, 0.15) is 38.1 Å². The number of hydrogen-bond acceptors (Lipinski definition) is 6. The molecule has 0 radical (unpaired) electrons. The number of aryl methyl sites for hydroxylation is 1. The van der Waals surface area contributed by atoms with Crippen molar-refractivity contribution in [2.24, 2.45) is 10.4 Å². The molecule has 2 N–H and O–H groups in total. The number of halogens is 2. The van der Waals surface area contributed by atoms with Crippen molar-refractivity contribution in [2.45, 2.75) is 44.8 Å². The number of allylic oxidation sites excluding steroid dienone is 1. The lowest BCUT2D eigenvalue weighted by atomic mass is 9.87.